The summed E-state index contributed by atoms with van der Waals surface area (Å²) in [5, 5.41) is 9.59. The van der Waals surface area contributed by atoms with E-state index in [1.54, 1.807) is 11.8 Å². The third kappa shape index (κ3) is 2.20. The van der Waals surface area contributed by atoms with Gasteiger partial charge in [0, 0.05) is 10.0 Å². The molecule has 18 heavy (non-hydrogen) atoms. The Labute approximate surface area is 119 Å². The topological polar surface area (TPSA) is 34.0 Å². The first-order chi connectivity index (χ1) is 8.78. The number of benzene rings is 1. The van der Waals surface area contributed by atoms with Gasteiger partial charge in [-0.2, -0.15) is 0 Å². The molecule has 0 saturated carbocycles. The first kappa shape index (κ1) is 12.2. The van der Waals surface area contributed by atoms with Gasteiger partial charge in [0.05, 0.1) is 12.5 Å². The van der Waals surface area contributed by atoms with Crippen LogP contribution in [0.4, 0.5) is 0 Å². The first-order valence-electron chi connectivity index (χ1n) is 5.82. The van der Waals surface area contributed by atoms with Gasteiger partial charge in [-0.25, -0.2) is 0 Å². The second-order valence-electron chi connectivity index (χ2n) is 4.14. The molecule has 0 atom stereocenters. The van der Waals surface area contributed by atoms with Gasteiger partial charge in [0.25, 0.3) is 0 Å². The molecule has 6 heteroatoms. The quantitative estimate of drug-likeness (QED) is 0.850. The van der Waals surface area contributed by atoms with Crippen LogP contribution >= 0.6 is 27.7 Å². The third-order valence-corrected chi connectivity index (χ3v) is 4.57. The van der Waals surface area contributed by atoms with Crippen LogP contribution in [0, 0.1) is 0 Å². The van der Waals surface area contributed by atoms with Crippen LogP contribution in [0.15, 0.2) is 33.9 Å². The Morgan fingerprint density at radius 1 is 1.28 bits per heavy atom. The van der Waals surface area contributed by atoms with Crippen molar-refractivity contribution in [3.05, 3.63) is 28.7 Å². The largest absolute Gasteiger partial charge is 0.288 e. The Morgan fingerprint density at radius 3 is 2.78 bits per heavy atom. The standard InChI is InChI=1S/C12H13BrN4S/c1-2-16-7-17-11(14-15-12(17)18-8-16)9-3-5-10(13)6-4-9/h3-6H,2,7-8H2,1H3. The van der Waals surface area contributed by atoms with E-state index in [1.165, 1.54) is 0 Å². The Morgan fingerprint density at radius 2 is 2.06 bits per heavy atom. The van der Waals surface area contributed by atoms with Gasteiger partial charge in [0.2, 0.25) is 0 Å². The molecular weight excluding hydrogens is 312 g/mol. The Hall–Kier alpha value is -0.850. The minimum absolute atomic E-state index is 0.872. The molecule has 1 aliphatic heterocycles. The summed E-state index contributed by atoms with van der Waals surface area (Å²) in [4.78, 5) is 2.36. The molecule has 0 spiro atoms. The van der Waals surface area contributed by atoms with Gasteiger partial charge in [-0.3, -0.25) is 9.47 Å². The molecule has 0 unspecified atom stereocenters. The minimum Gasteiger partial charge on any atom is -0.288 e. The fraction of sp³-hybridized carbons (Fsp3) is 0.333. The number of nitrogens with zero attached hydrogens (tertiary/aromatic N) is 4. The highest BCUT2D eigenvalue weighted by atomic mass is 79.9. The molecular formula is C12H13BrN4S. The van der Waals surface area contributed by atoms with Gasteiger partial charge in [-0.15, -0.1) is 10.2 Å². The summed E-state index contributed by atoms with van der Waals surface area (Å²) in [7, 11) is 0. The van der Waals surface area contributed by atoms with Gasteiger partial charge < -0.3 is 0 Å². The predicted molar refractivity (Wildman–Crippen MR) is 76.3 cm³/mol. The summed E-state index contributed by atoms with van der Waals surface area (Å²) in [5.41, 5.74) is 1.11. The van der Waals surface area contributed by atoms with Crippen LogP contribution in [0.25, 0.3) is 11.4 Å². The summed E-state index contributed by atoms with van der Waals surface area (Å²) in [6.45, 7) is 4.09. The van der Waals surface area contributed by atoms with Crippen LogP contribution in [0.3, 0.4) is 0 Å². The van der Waals surface area contributed by atoms with E-state index in [4.69, 9.17) is 0 Å². The molecule has 94 valence electrons. The monoisotopic (exact) mass is 324 g/mol. The smallest absolute Gasteiger partial charge is 0.193 e. The molecule has 3 rings (SSSR count). The van der Waals surface area contributed by atoms with E-state index >= 15 is 0 Å². The number of thioether (sulfide) groups is 1. The van der Waals surface area contributed by atoms with Gasteiger partial charge in [0.1, 0.15) is 0 Å². The highest BCUT2D eigenvalue weighted by Crippen LogP contribution is 2.29. The molecule has 1 aromatic carbocycles. The summed E-state index contributed by atoms with van der Waals surface area (Å²) in [6, 6.07) is 8.20. The van der Waals surface area contributed by atoms with Gasteiger partial charge >= 0.3 is 0 Å². The lowest BCUT2D eigenvalue weighted by Crippen LogP contribution is -2.30. The van der Waals surface area contributed by atoms with Crippen molar-refractivity contribution in [2.24, 2.45) is 0 Å². The molecule has 0 N–H and O–H groups in total. The summed E-state index contributed by atoms with van der Waals surface area (Å²) in [5.74, 6) is 1.94. The first-order valence-corrected chi connectivity index (χ1v) is 7.60. The maximum absolute atomic E-state index is 4.32. The zero-order valence-electron chi connectivity index (χ0n) is 10.0. The van der Waals surface area contributed by atoms with Gasteiger partial charge in [-0.1, -0.05) is 46.7 Å². The number of hydrogen-bond acceptors (Lipinski definition) is 4. The van der Waals surface area contributed by atoms with E-state index in [0.29, 0.717) is 0 Å². The van der Waals surface area contributed by atoms with Crippen molar-refractivity contribution < 1.29 is 0 Å². The molecule has 0 saturated heterocycles. The van der Waals surface area contributed by atoms with Crippen molar-refractivity contribution in [2.75, 3.05) is 12.4 Å². The number of rotatable bonds is 2. The second kappa shape index (κ2) is 5.03. The molecule has 0 aliphatic carbocycles. The molecule has 0 amide bonds. The van der Waals surface area contributed by atoms with E-state index < -0.39 is 0 Å². The molecule has 1 aliphatic rings. The van der Waals surface area contributed by atoms with Crippen LogP contribution < -0.4 is 0 Å². The molecule has 0 radical (unpaired) electrons. The third-order valence-electron chi connectivity index (χ3n) is 2.98. The SMILES string of the molecule is CCN1CSc2nnc(-c3ccc(Br)cc3)n2C1. The Bertz CT molecular complexity index is 552. The lowest BCUT2D eigenvalue weighted by atomic mass is 10.2. The van der Waals surface area contributed by atoms with Crippen molar-refractivity contribution in [1.29, 1.82) is 0 Å². The lowest BCUT2D eigenvalue weighted by molar-refractivity contribution is 0.252. The summed E-state index contributed by atoms with van der Waals surface area (Å²) < 4.78 is 3.26. The van der Waals surface area contributed by atoms with Crippen LogP contribution in [-0.2, 0) is 6.67 Å². The zero-order valence-corrected chi connectivity index (χ0v) is 12.4. The fourth-order valence-corrected chi connectivity index (χ4v) is 3.14. The van der Waals surface area contributed by atoms with Crippen molar-refractivity contribution in [3.8, 4) is 11.4 Å². The van der Waals surface area contributed by atoms with E-state index in [-0.39, 0.29) is 0 Å². The predicted octanol–water partition coefficient (Wildman–Crippen LogP) is 3.05. The van der Waals surface area contributed by atoms with Gasteiger partial charge in [0.15, 0.2) is 11.0 Å². The van der Waals surface area contributed by atoms with E-state index in [0.717, 1.165) is 40.1 Å². The lowest BCUT2D eigenvalue weighted by Gasteiger charge is -2.26. The van der Waals surface area contributed by atoms with Crippen LogP contribution in [0.2, 0.25) is 0 Å². The highest BCUT2D eigenvalue weighted by Gasteiger charge is 2.21. The van der Waals surface area contributed by atoms with Crippen molar-refractivity contribution in [2.45, 2.75) is 18.7 Å². The molecule has 4 nitrogen and oxygen atoms in total. The van der Waals surface area contributed by atoms with Gasteiger partial charge in [-0.05, 0) is 18.7 Å². The Kier molecular flexibility index (Phi) is 3.41. The van der Waals surface area contributed by atoms with E-state index in [9.17, 15) is 0 Å². The minimum atomic E-state index is 0.872. The number of aromatic nitrogens is 3. The maximum Gasteiger partial charge on any atom is 0.193 e. The van der Waals surface area contributed by atoms with Crippen LogP contribution in [0.5, 0.6) is 0 Å². The number of halogens is 1. The zero-order chi connectivity index (χ0) is 12.5. The van der Waals surface area contributed by atoms with Crippen molar-refractivity contribution >= 4 is 27.7 Å². The second-order valence-corrected chi connectivity index (χ2v) is 5.97. The Balaban J connectivity index is 1.99. The molecule has 1 aromatic heterocycles. The van der Waals surface area contributed by atoms with Crippen LogP contribution in [0.1, 0.15) is 6.92 Å². The number of hydrogen-bond donors (Lipinski definition) is 0. The fourth-order valence-electron chi connectivity index (χ4n) is 1.92. The maximum atomic E-state index is 4.32. The normalized spacial score (nSPS) is 15.7. The average Bonchev–Trinajstić information content (AvgIpc) is 2.82. The summed E-state index contributed by atoms with van der Waals surface area (Å²) in [6.07, 6.45) is 0. The molecule has 0 bridgehead atoms. The van der Waals surface area contributed by atoms with E-state index in [2.05, 4.69) is 54.7 Å². The molecule has 2 aromatic rings. The highest BCUT2D eigenvalue weighted by molar-refractivity contribution is 9.10. The average molecular weight is 325 g/mol. The summed E-state index contributed by atoms with van der Waals surface area (Å²) >= 11 is 5.20. The number of fused-ring (bicyclic) bond motifs is 1. The molecule has 0 fully saturated rings. The van der Waals surface area contributed by atoms with Crippen molar-refractivity contribution in [1.82, 2.24) is 19.7 Å². The van der Waals surface area contributed by atoms with Crippen LogP contribution in [-0.4, -0.2) is 32.1 Å². The molecule has 2 heterocycles. The van der Waals surface area contributed by atoms with E-state index in [1.807, 2.05) is 12.1 Å². The van der Waals surface area contributed by atoms with Crippen molar-refractivity contribution in [3.63, 3.8) is 0 Å².